The molecular formula is C11H11ClN2. The summed E-state index contributed by atoms with van der Waals surface area (Å²) in [5.74, 6) is 0.715. The Morgan fingerprint density at radius 1 is 1.57 bits per heavy atom. The van der Waals surface area contributed by atoms with Gasteiger partial charge in [0.15, 0.2) is 0 Å². The highest BCUT2D eigenvalue weighted by molar-refractivity contribution is 6.30. The van der Waals surface area contributed by atoms with Crippen molar-refractivity contribution in [3.63, 3.8) is 0 Å². The van der Waals surface area contributed by atoms with E-state index in [0.29, 0.717) is 5.02 Å². The molecule has 0 spiro atoms. The fourth-order valence-corrected chi connectivity index (χ4v) is 1.75. The minimum atomic E-state index is -0.0336. The average molecular weight is 207 g/mol. The van der Waals surface area contributed by atoms with Crippen LogP contribution in [0.5, 0.6) is 0 Å². The van der Waals surface area contributed by atoms with E-state index in [9.17, 15) is 0 Å². The predicted octanol–water partition coefficient (Wildman–Crippen LogP) is 3.14. The largest absolute Gasteiger partial charge is 0.263 e. The number of nitrogens with zero attached hydrogens (tertiary/aromatic N) is 2. The first-order valence-electron chi connectivity index (χ1n) is 4.79. The molecule has 2 nitrogen and oxygen atoms in total. The lowest BCUT2D eigenvalue weighted by atomic mass is 9.96. The molecular weight excluding hydrogens is 196 g/mol. The second-order valence-corrected chi connectivity index (χ2v) is 4.23. The predicted molar refractivity (Wildman–Crippen MR) is 54.9 cm³/mol. The number of halogens is 1. The van der Waals surface area contributed by atoms with Gasteiger partial charge in [0.2, 0.25) is 0 Å². The third-order valence-electron chi connectivity index (χ3n) is 2.55. The van der Waals surface area contributed by atoms with Gasteiger partial charge in [-0.05, 0) is 24.0 Å². The summed E-state index contributed by atoms with van der Waals surface area (Å²) in [6, 6.07) is 4.16. The second kappa shape index (κ2) is 3.98. The van der Waals surface area contributed by atoms with Gasteiger partial charge in [-0.25, -0.2) is 0 Å². The highest BCUT2D eigenvalue weighted by atomic mass is 35.5. The minimum Gasteiger partial charge on any atom is -0.263 e. The van der Waals surface area contributed by atoms with E-state index < -0.39 is 0 Å². The molecule has 14 heavy (non-hydrogen) atoms. The first-order chi connectivity index (χ1) is 6.79. The Hall–Kier alpha value is -1.07. The van der Waals surface area contributed by atoms with Crippen LogP contribution < -0.4 is 0 Å². The number of rotatable bonds is 3. The SMILES string of the molecule is N#C[C@H](CC1CC1)c1cncc(Cl)c1. The summed E-state index contributed by atoms with van der Waals surface area (Å²) in [6.45, 7) is 0. The molecule has 0 bridgehead atoms. The van der Waals surface area contributed by atoms with Gasteiger partial charge in [-0.3, -0.25) is 4.98 Å². The molecule has 0 N–H and O–H groups in total. The fourth-order valence-electron chi connectivity index (χ4n) is 1.57. The molecule has 0 amide bonds. The Morgan fingerprint density at radius 2 is 2.36 bits per heavy atom. The zero-order valence-corrected chi connectivity index (χ0v) is 8.54. The summed E-state index contributed by atoms with van der Waals surface area (Å²) in [7, 11) is 0. The van der Waals surface area contributed by atoms with Crippen LogP contribution in [0.1, 0.15) is 30.7 Å². The van der Waals surface area contributed by atoms with Gasteiger partial charge < -0.3 is 0 Å². The smallest absolute Gasteiger partial charge is 0.0730 e. The quantitative estimate of drug-likeness (QED) is 0.762. The number of pyridine rings is 1. The normalized spacial score (nSPS) is 17.4. The Balaban J connectivity index is 2.14. The first kappa shape index (κ1) is 9.48. The monoisotopic (exact) mass is 206 g/mol. The number of hydrogen-bond acceptors (Lipinski definition) is 2. The van der Waals surface area contributed by atoms with Gasteiger partial charge in [0, 0.05) is 12.4 Å². The van der Waals surface area contributed by atoms with E-state index in [1.54, 1.807) is 12.4 Å². The Kier molecular flexibility index (Phi) is 2.69. The zero-order chi connectivity index (χ0) is 9.97. The number of aromatic nitrogens is 1. The lowest BCUT2D eigenvalue weighted by Gasteiger charge is -2.07. The van der Waals surface area contributed by atoms with Crippen LogP contribution in [0.3, 0.4) is 0 Å². The molecule has 0 saturated heterocycles. The molecule has 1 aromatic rings. The maximum absolute atomic E-state index is 9.03. The lowest BCUT2D eigenvalue weighted by Crippen LogP contribution is -1.97. The standard InChI is InChI=1S/C11H11ClN2/c12-11-4-10(6-14-7-11)9(5-13)3-8-1-2-8/h4,6-9H,1-3H2/t9-/m0/s1. The maximum Gasteiger partial charge on any atom is 0.0730 e. The van der Waals surface area contributed by atoms with Crippen molar-refractivity contribution in [1.29, 1.82) is 5.26 Å². The van der Waals surface area contributed by atoms with Crippen LogP contribution in [0.4, 0.5) is 0 Å². The van der Waals surface area contributed by atoms with Crippen LogP contribution in [0.15, 0.2) is 18.5 Å². The van der Waals surface area contributed by atoms with Crippen molar-refractivity contribution in [2.24, 2.45) is 5.92 Å². The summed E-state index contributed by atoms with van der Waals surface area (Å²) >= 11 is 5.83. The van der Waals surface area contributed by atoms with Crippen LogP contribution in [-0.4, -0.2) is 4.98 Å². The van der Waals surface area contributed by atoms with Crippen molar-refractivity contribution in [1.82, 2.24) is 4.98 Å². The van der Waals surface area contributed by atoms with Gasteiger partial charge in [-0.1, -0.05) is 24.4 Å². The van der Waals surface area contributed by atoms with Crippen LogP contribution in [0.25, 0.3) is 0 Å². The Bertz CT molecular complexity index is 366. The van der Waals surface area contributed by atoms with E-state index in [0.717, 1.165) is 17.9 Å². The van der Waals surface area contributed by atoms with E-state index in [-0.39, 0.29) is 5.92 Å². The third-order valence-corrected chi connectivity index (χ3v) is 2.76. The van der Waals surface area contributed by atoms with Gasteiger partial charge in [-0.2, -0.15) is 5.26 Å². The molecule has 1 saturated carbocycles. The summed E-state index contributed by atoms with van der Waals surface area (Å²) < 4.78 is 0. The molecule has 1 atom stereocenters. The van der Waals surface area contributed by atoms with Gasteiger partial charge in [0.1, 0.15) is 0 Å². The molecule has 0 radical (unpaired) electrons. The summed E-state index contributed by atoms with van der Waals surface area (Å²) in [4.78, 5) is 4.00. The van der Waals surface area contributed by atoms with E-state index in [4.69, 9.17) is 16.9 Å². The van der Waals surface area contributed by atoms with Crippen molar-refractivity contribution >= 4 is 11.6 Å². The van der Waals surface area contributed by atoms with Crippen LogP contribution in [-0.2, 0) is 0 Å². The van der Waals surface area contributed by atoms with Crippen molar-refractivity contribution in [3.05, 3.63) is 29.0 Å². The number of nitriles is 1. The van der Waals surface area contributed by atoms with E-state index >= 15 is 0 Å². The molecule has 3 heteroatoms. The van der Waals surface area contributed by atoms with Crippen LogP contribution in [0.2, 0.25) is 5.02 Å². The van der Waals surface area contributed by atoms with Gasteiger partial charge in [0.25, 0.3) is 0 Å². The fraction of sp³-hybridized carbons (Fsp3) is 0.455. The van der Waals surface area contributed by atoms with E-state index in [1.807, 2.05) is 6.07 Å². The topological polar surface area (TPSA) is 36.7 Å². The minimum absolute atomic E-state index is 0.0336. The van der Waals surface area contributed by atoms with Gasteiger partial charge in [-0.15, -0.1) is 0 Å². The van der Waals surface area contributed by atoms with E-state index in [1.165, 1.54) is 12.8 Å². The molecule has 72 valence electrons. The lowest BCUT2D eigenvalue weighted by molar-refractivity contribution is 0.669. The Morgan fingerprint density at radius 3 is 2.93 bits per heavy atom. The van der Waals surface area contributed by atoms with Gasteiger partial charge in [0.05, 0.1) is 17.0 Å². The molecule has 0 unspecified atom stereocenters. The Labute approximate surface area is 88.5 Å². The zero-order valence-electron chi connectivity index (χ0n) is 7.78. The average Bonchev–Trinajstić information content (AvgIpc) is 2.98. The van der Waals surface area contributed by atoms with Crippen molar-refractivity contribution in [2.45, 2.75) is 25.2 Å². The molecule has 1 heterocycles. The summed E-state index contributed by atoms with van der Waals surface area (Å²) in [5.41, 5.74) is 0.951. The molecule has 1 aliphatic carbocycles. The van der Waals surface area contributed by atoms with Crippen LogP contribution in [0, 0.1) is 17.2 Å². The molecule has 0 aliphatic heterocycles. The van der Waals surface area contributed by atoms with Crippen molar-refractivity contribution in [3.8, 4) is 6.07 Å². The summed E-state index contributed by atoms with van der Waals surface area (Å²) in [6.07, 6.45) is 6.83. The highest BCUT2D eigenvalue weighted by Gasteiger charge is 2.26. The molecule has 1 aromatic heterocycles. The van der Waals surface area contributed by atoms with Crippen molar-refractivity contribution < 1.29 is 0 Å². The molecule has 1 fully saturated rings. The number of hydrogen-bond donors (Lipinski definition) is 0. The highest BCUT2D eigenvalue weighted by Crippen LogP contribution is 2.38. The molecule has 2 rings (SSSR count). The molecule has 0 aromatic carbocycles. The van der Waals surface area contributed by atoms with Crippen LogP contribution >= 0.6 is 11.6 Å². The summed E-state index contributed by atoms with van der Waals surface area (Å²) in [5, 5.41) is 9.64. The first-order valence-corrected chi connectivity index (χ1v) is 5.17. The molecule has 1 aliphatic rings. The van der Waals surface area contributed by atoms with E-state index in [2.05, 4.69) is 11.1 Å². The van der Waals surface area contributed by atoms with Gasteiger partial charge >= 0.3 is 0 Å². The maximum atomic E-state index is 9.03. The second-order valence-electron chi connectivity index (χ2n) is 3.80. The third kappa shape index (κ3) is 2.24. The van der Waals surface area contributed by atoms with Crippen molar-refractivity contribution in [2.75, 3.05) is 0 Å².